The van der Waals surface area contributed by atoms with Crippen LogP contribution in [0.3, 0.4) is 0 Å². The summed E-state index contributed by atoms with van der Waals surface area (Å²) in [6, 6.07) is 0. The number of nitrogens with zero attached hydrogens (tertiary/aromatic N) is 1. The number of hydrogen-bond acceptors (Lipinski definition) is 2. The number of rotatable bonds is 10. The van der Waals surface area contributed by atoms with Gasteiger partial charge in [-0.15, -0.1) is 0 Å². The van der Waals surface area contributed by atoms with E-state index in [1.165, 1.54) is 19.3 Å². The van der Waals surface area contributed by atoms with Crippen LogP contribution in [0.5, 0.6) is 0 Å². The van der Waals surface area contributed by atoms with Gasteiger partial charge in [-0.2, -0.15) is 5.10 Å². The predicted molar refractivity (Wildman–Crippen MR) is 97.6 cm³/mol. The van der Waals surface area contributed by atoms with Gasteiger partial charge in [-0.1, -0.05) is 70.6 Å². The lowest BCUT2D eigenvalue weighted by molar-refractivity contribution is 0.557. The van der Waals surface area contributed by atoms with E-state index in [2.05, 4.69) is 42.5 Å². The summed E-state index contributed by atoms with van der Waals surface area (Å²) in [6.45, 7) is 14.7. The van der Waals surface area contributed by atoms with E-state index in [4.69, 9.17) is 0 Å². The normalized spacial score (nSPS) is 12.9. The molecule has 0 aromatic carbocycles. The van der Waals surface area contributed by atoms with Gasteiger partial charge in [0, 0.05) is 5.70 Å². The largest absolute Gasteiger partial charge is 0.356 e. The molecule has 2 N–H and O–H groups in total. The van der Waals surface area contributed by atoms with Crippen molar-refractivity contribution in [3.8, 4) is 0 Å². The van der Waals surface area contributed by atoms with Crippen molar-refractivity contribution in [3.05, 3.63) is 55.0 Å². The minimum absolute atomic E-state index is 0.445. The lowest BCUT2D eigenvalue weighted by Gasteiger charge is -2.16. The number of H-pyrrole nitrogens is 1. The second kappa shape index (κ2) is 9.82. The Bertz CT molecular complexity index is 535. The maximum absolute atomic E-state index is 4.17. The molecular formula is C19H29N3. The molecule has 1 atom stereocenters. The molecule has 1 heterocycles. The summed E-state index contributed by atoms with van der Waals surface area (Å²) in [7, 11) is 0. The molecule has 0 aliphatic carbocycles. The Morgan fingerprint density at radius 1 is 1.36 bits per heavy atom. The lowest BCUT2D eigenvalue weighted by Crippen LogP contribution is -2.08. The van der Waals surface area contributed by atoms with Crippen LogP contribution in [0.2, 0.25) is 0 Å². The van der Waals surface area contributed by atoms with Gasteiger partial charge >= 0.3 is 0 Å². The van der Waals surface area contributed by atoms with Crippen molar-refractivity contribution in [1.82, 2.24) is 10.2 Å². The van der Waals surface area contributed by atoms with Gasteiger partial charge in [0.25, 0.3) is 0 Å². The van der Waals surface area contributed by atoms with Gasteiger partial charge in [0.1, 0.15) is 0 Å². The van der Waals surface area contributed by atoms with Gasteiger partial charge in [-0.25, -0.2) is 0 Å². The smallest absolute Gasteiger partial charge is 0.0879 e. The van der Waals surface area contributed by atoms with Crippen LogP contribution in [0.25, 0.3) is 5.57 Å². The molecule has 0 spiro atoms. The number of unbranched alkanes of at least 4 members (excludes halogenated alkanes) is 2. The summed E-state index contributed by atoms with van der Waals surface area (Å²) >= 11 is 0. The molecule has 0 aliphatic heterocycles. The first-order valence-corrected chi connectivity index (χ1v) is 8.07. The van der Waals surface area contributed by atoms with Crippen LogP contribution in [-0.4, -0.2) is 10.2 Å². The maximum Gasteiger partial charge on any atom is 0.0879 e. The number of aromatic amines is 1. The van der Waals surface area contributed by atoms with Gasteiger partial charge in [-0.05, 0) is 24.8 Å². The molecule has 0 bridgehead atoms. The molecule has 0 radical (unpaired) electrons. The van der Waals surface area contributed by atoms with Crippen molar-refractivity contribution in [2.24, 2.45) is 5.92 Å². The zero-order valence-corrected chi connectivity index (χ0v) is 14.2. The minimum Gasteiger partial charge on any atom is -0.356 e. The summed E-state index contributed by atoms with van der Waals surface area (Å²) in [5, 5.41) is 10.5. The second-order valence-electron chi connectivity index (χ2n) is 5.62. The highest BCUT2D eigenvalue weighted by atomic mass is 15.1. The summed E-state index contributed by atoms with van der Waals surface area (Å²) in [5.74, 6) is 0.445. The van der Waals surface area contributed by atoms with Crippen molar-refractivity contribution in [1.29, 1.82) is 0 Å². The van der Waals surface area contributed by atoms with E-state index in [1.54, 1.807) is 6.20 Å². The van der Waals surface area contributed by atoms with Gasteiger partial charge in [0.05, 0.1) is 17.6 Å². The molecule has 22 heavy (non-hydrogen) atoms. The molecule has 120 valence electrons. The van der Waals surface area contributed by atoms with E-state index in [-0.39, 0.29) is 0 Å². The van der Waals surface area contributed by atoms with Crippen molar-refractivity contribution < 1.29 is 0 Å². The van der Waals surface area contributed by atoms with Gasteiger partial charge < -0.3 is 5.32 Å². The highest BCUT2D eigenvalue weighted by Gasteiger charge is 2.11. The predicted octanol–water partition coefficient (Wildman–Crippen LogP) is 5.70. The Morgan fingerprint density at radius 2 is 2.14 bits per heavy atom. The van der Waals surface area contributed by atoms with Crippen LogP contribution in [-0.2, 0) is 0 Å². The highest BCUT2D eigenvalue weighted by molar-refractivity contribution is 5.78. The molecule has 0 aliphatic rings. The Labute approximate surface area is 134 Å². The molecule has 0 saturated heterocycles. The van der Waals surface area contributed by atoms with Crippen LogP contribution in [0.15, 0.2) is 49.4 Å². The van der Waals surface area contributed by atoms with Crippen LogP contribution in [0, 0.1) is 5.92 Å². The average molecular weight is 299 g/mol. The van der Waals surface area contributed by atoms with Crippen LogP contribution >= 0.6 is 0 Å². The van der Waals surface area contributed by atoms with Gasteiger partial charge in [0.2, 0.25) is 0 Å². The van der Waals surface area contributed by atoms with E-state index < -0.39 is 0 Å². The van der Waals surface area contributed by atoms with Gasteiger partial charge in [0.15, 0.2) is 0 Å². The quantitative estimate of drug-likeness (QED) is 0.430. The molecule has 3 nitrogen and oxygen atoms in total. The standard InChI is InChI=1S/C19H29N3/c1-6-8-10-12-15(3)17(5)21-18-14-20-22-19(18)16(4)13-11-9-7-2/h7,9,11,13-15,21H,4-6,8,10,12H2,1-3H3,(H,20,22)/b9-7-,13-11-. The zero-order valence-electron chi connectivity index (χ0n) is 14.2. The monoisotopic (exact) mass is 299 g/mol. The fourth-order valence-corrected chi connectivity index (χ4v) is 2.16. The van der Waals surface area contributed by atoms with Crippen molar-refractivity contribution in [2.45, 2.75) is 46.5 Å². The first-order valence-electron chi connectivity index (χ1n) is 8.07. The molecule has 1 aromatic rings. The van der Waals surface area contributed by atoms with E-state index in [0.717, 1.165) is 29.1 Å². The SMILES string of the molecule is C=C(/C=C\C=C/C)c1[nH]ncc1NC(=C)C(C)CCCCC. The Morgan fingerprint density at radius 3 is 2.82 bits per heavy atom. The molecule has 1 aromatic heterocycles. The highest BCUT2D eigenvalue weighted by Crippen LogP contribution is 2.25. The van der Waals surface area contributed by atoms with Crippen LogP contribution in [0.4, 0.5) is 5.69 Å². The fourth-order valence-electron chi connectivity index (χ4n) is 2.16. The second-order valence-corrected chi connectivity index (χ2v) is 5.62. The Hall–Kier alpha value is -2.03. The first kappa shape index (κ1) is 18.0. The summed E-state index contributed by atoms with van der Waals surface area (Å²) in [6.07, 6.45) is 14.6. The van der Waals surface area contributed by atoms with E-state index in [9.17, 15) is 0 Å². The van der Waals surface area contributed by atoms with Crippen molar-refractivity contribution in [3.63, 3.8) is 0 Å². The average Bonchev–Trinajstić information content (AvgIpc) is 2.95. The first-order chi connectivity index (χ1) is 10.6. The Balaban J connectivity index is 2.65. The molecular weight excluding hydrogens is 270 g/mol. The number of allylic oxidation sites excluding steroid dienone is 6. The third kappa shape index (κ3) is 5.76. The van der Waals surface area contributed by atoms with Gasteiger partial charge in [-0.3, -0.25) is 5.10 Å². The van der Waals surface area contributed by atoms with E-state index in [0.29, 0.717) is 5.92 Å². The number of hydrogen-bond donors (Lipinski definition) is 2. The molecule has 0 fully saturated rings. The maximum atomic E-state index is 4.17. The molecule has 0 amide bonds. The third-order valence-electron chi connectivity index (χ3n) is 3.69. The number of aromatic nitrogens is 2. The third-order valence-corrected chi connectivity index (χ3v) is 3.69. The number of anilines is 1. The summed E-state index contributed by atoms with van der Waals surface area (Å²) in [5.41, 5.74) is 3.76. The Kier molecular flexibility index (Phi) is 8.05. The molecule has 1 unspecified atom stereocenters. The van der Waals surface area contributed by atoms with Crippen LogP contribution < -0.4 is 5.32 Å². The topological polar surface area (TPSA) is 40.7 Å². The van der Waals surface area contributed by atoms with E-state index in [1.807, 2.05) is 31.2 Å². The fraction of sp³-hybridized carbons (Fsp3) is 0.421. The summed E-state index contributed by atoms with van der Waals surface area (Å²) < 4.78 is 0. The number of nitrogens with one attached hydrogen (secondary N) is 2. The lowest BCUT2D eigenvalue weighted by atomic mass is 10.0. The molecule has 0 saturated carbocycles. The molecule has 1 rings (SSSR count). The van der Waals surface area contributed by atoms with Crippen molar-refractivity contribution >= 4 is 11.3 Å². The van der Waals surface area contributed by atoms with Crippen molar-refractivity contribution in [2.75, 3.05) is 5.32 Å². The van der Waals surface area contributed by atoms with E-state index >= 15 is 0 Å². The van der Waals surface area contributed by atoms with Crippen LogP contribution in [0.1, 0.15) is 52.1 Å². The molecule has 3 heteroatoms. The zero-order chi connectivity index (χ0) is 16.4. The minimum atomic E-state index is 0.445. The summed E-state index contributed by atoms with van der Waals surface area (Å²) in [4.78, 5) is 0.